The van der Waals surface area contributed by atoms with Gasteiger partial charge in [-0.05, 0) is 44.9 Å². The first kappa shape index (κ1) is 25.1. The van der Waals surface area contributed by atoms with E-state index in [1.165, 1.54) is 0 Å². The molecule has 0 saturated heterocycles. The van der Waals surface area contributed by atoms with Gasteiger partial charge in [0.05, 0.1) is 13.1 Å². The number of aliphatic hydroxyl groups is 1. The van der Waals surface area contributed by atoms with E-state index >= 15 is 0 Å². The van der Waals surface area contributed by atoms with Crippen molar-refractivity contribution < 1.29 is 19.5 Å². The molecule has 0 amide bonds. The molecule has 0 aliphatic rings. The van der Waals surface area contributed by atoms with Crippen LogP contribution in [0.15, 0.2) is 12.2 Å². The molecule has 0 aliphatic heterocycles. The van der Waals surface area contributed by atoms with Crippen molar-refractivity contribution in [2.45, 2.75) is 104 Å². The summed E-state index contributed by atoms with van der Waals surface area (Å²) in [5.41, 5.74) is 0. The van der Waals surface area contributed by atoms with Crippen molar-refractivity contribution in [1.29, 1.82) is 0 Å². The van der Waals surface area contributed by atoms with Crippen molar-refractivity contribution in [1.82, 2.24) is 0 Å². The molecule has 4 nitrogen and oxygen atoms in total. The molecule has 4 heteroatoms. The van der Waals surface area contributed by atoms with Crippen LogP contribution in [0.25, 0.3) is 0 Å². The Balaban J connectivity index is 5.30. The molecule has 0 bridgehead atoms. The minimum Gasteiger partial charge on any atom is -0.477 e. The highest BCUT2D eigenvalue weighted by Crippen LogP contribution is 2.23. The molecule has 26 heavy (non-hydrogen) atoms. The fourth-order valence-corrected chi connectivity index (χ4v) is 3.97. The fraction of sp³-hybridized carbons (Fsp3) is 0.864. The summed E-state index contributed by atoms with van der Waals surface area (Å²) in [7, 11) is 0. The number of hydrogen-bond acceptors (Lipinski definition) is 2. The lowest BCUT2D eigenvalue weighted by Crippen LogP contribution is -2.62. The number of hydrogen-bond donors (Lipinski definition) is 2. The second-order valence-corrected chi connectivity index (χ2v) is 7.64. The third kappa shape index (κ3) is 9.72. The minimum atomic E-state index is -0.710. The highest BCUT2D eigenvalue weighted by Gasteiger charge is 2.41. The van der Waals surface area contributed by atoms with Crippen molar-refractivity contribution in [2.24, 2.45) is 0 Å². The van der Waals surface area contributed by atoms with Gasteiger partial charge < -0.3 is 14.7 Å². The van der Waals surface area contributed by atoms with Crippen LogP contribution in [0.2, 0.25) is 0 Å². The zero-order chi connectivity index (χ0) is 19.8. The molecule has 0 aromatic heterocycles. The molecule has 2 unspecified atom stereocenters. The van der Waals surface area contributed by atoms with Crippen LogP contribution in [0.1, 0.15) is 91.9 Å². The van der Waals surface area contributed by atoms with Crippen molar-refractivity contribution in [3.05, 3.63) is 12.2 Å². The molecule has 0 saturated carbocycles. The van der Waals surface area contributed by atoms with E-state index in [1.807, 2.05) is 6.92 Å². The summed E-state index contributed by atoms with van der Waals surface area (Å²) in [5.74, 6) is -0.710. The molecular formula is C22H44NO3+. The summed E-state index contributed by atoms with van der Waals surface area (Å²) in [5, 5.41) is 20.6. The first-order valence-electron chi connectivity index (χ1n) is 10.9. The largest absolute Gasteiger partial charge is 0.477 e. The maximum atomic E-state index is 12.0. The van der Waals surface area contributed by atoms with Crippen LogP contribution < -0.4 is 0 Å². The van der Waals surface area contributed by atoms with Gasteiger partial charge in [-0.15, -0.1) is 0 Å². The highest BCUT2D eigenvalue weighted by atomic mass is 16.4. The van der Waals surface area contributed by atoms with Gasteiger partial charge in [0.1, 0.15) is 12.6 Å². The number of aliphatic hydroxyl groups excluding tert-OH is 1. The lowest BCUT2D eigenvalue weighted by molar-refractivity contribution is -0.946. The molecule has 0 fully saturated rings. The first-order chi connectivity index (χ1) is 12.5. The molecule has 0 heterocycles. The van der Waals surface area contributed by atoms with Gasteiger partial charge in [0.15, 0.2) is 6.04 Å². The summed E-state index contributed by atoms with van der Waals surface area (Å²) < 4.78 is 0.546. The summed E-state index contributed by atoms with van der Waals surface area (Å²) >= 11 is 0. The number of rotatable bonds is 17. The Morgan fingerprint density at radius 1 is 0.962 bits per heavy atom. The van der Waals surface area contributed by atoms with Gasteiger partial charge in [0.2, 0.25) is 0 Å². The van der Waals surface area contributed by atoms with E-state index in [2.05, 4.69) is 32.9 Å². The Labute approximate surface area is 161 Å². The standard InChI is InChI=1S/C22H43NO3/c1-5-9-12-13-16-20(24)19-23(17-14-10-6-2,18-15-11-7-3)21(8-4)22(25)26/h9,12,20-21,24H,5-8,10-11,13-19H2,1-4H3/p+1/b12-9+. The van der Waals surface area contributed by atoms with E-state index in [1.54, 1.807) is 0 Å². The Morgan fingerprint density at radius 2 is 1.54 bits per heavy atom. The molecule has 0 radical (unpaired) electrons. The average Bonchev–Trinajstić information content (AvgIpc) is 2.59. The maximum Gasteiger partial charge on any atom is 0.362 e. The highest BCUT2D eigenvalue weighted by molar-refractivity contribution is 5.72. The number of quaternary nitrogens is 1. The molecule has 0 rings (SSSR count). The van der Waals surface area contributed by atoms with Crippen LogP contribution in [0.5, 0.6) is 0 Å². The van der Waals surface area contributed by atoms with E-state index in [0.717, 1.165) is 64.5 Å². The zero-order valence-corrected chi connectivity index (χ0v) is 17.8. The number of carboxylic acids is 1. The van der Waals surface area contributed by atoms with Gasteiger partial charge in [-0.25, -0.2) is 4.79 Å². The van der Waals surface area contributed by atoms with Crippen LogP contribution in [0.4, 0.5) is 0 Å². The van der Waals surface area contributed by atoms with Crippen molar-refractivity contribution in [2.75, 3.05) is 19.6 Å². The molecule has 2 N–H and O–H groups in total. The lowest BCUT2D eigenvalue weighted by atomic mass is 10.0. The first-order valence-corrected chi connectivity index (χ1v) is 10.9. The van der Waals surface area contributed by atoms with Crippen LogP contribution in [0, 0.1) is 0 Å². The normalized spacial score (nSPS) is 14.7. The average molecular weight is 371 g/mol. The molecular weight excluding hydrogens is 326 g/mol. The molecule has 154 valence electrons. The van der Waals surface area contributed by atoms with Crippen LogP contribution in [-0.2, 0) is 4.79 Å². The van der Waals surface area contributed by atoms with E-state index in [9.17, 15) is 15.0 Å². The topological polar surface area (TPSA) is 57.5 Å². The Hall–Kier alpha value is -0.870. The van der Waals surface area contributed by atoms with E-state index in [-0.39, 0.29) is 0 Å². The van der Waals surface area contributed by atoms with Crippen LogP contribution in [-0.4, -0.2) is 52.4 Å². The lowest BCUT2D eigenvalue weighted by Gasteiger charge is -2.44. The van der Waals surface area contributed by atoms with Gasteiger partial charge in [-0.3, -0.25) is 0 Å². The van der Waals surface area contributed by atoms with Gasteiger partial charge in [-0.1, -0.05) is 52.7 Å². The smallest absolute Gasteiger partial charge is 0.362 e. The Bertz CT molecular complexity index is 372. The van der Waals surface area contributed by atoms with Crippen LogP contribution >= 0.6 is 0 Å². The van der Waals surface area contributed by atoms with Crippen molar-refractivity contribution >= 4 is 5.97 Å². The Morgan fingerprint density at radius 3 is 1.96 bits per heavy atom. The van der Waals surface area contributed by atoms with Crippen molar-refractivity contribution in [3.63, 3.8) is 0 Å². The number of carbonyl (C=O) groups is 1. The molecule has 2 atom stereocenters. The zero-order valence-electron chi connectivity index (χ0n) is 17.8. The second kappa shape index (κ2) is 15.2. The number of carboxylic acid groups (broad SMARTS) is 1. The molecule has 0 aromatic carbocycles. The number of aliphatic carboxylic acids is 1. The summed E-state index contributed by atoms with van der Waals surface area (Å²) in [6, 6.07) is -0.412. The predicted octanol–water partition coefficient (Wildman–Crippen LogP) is 5.15. The van der Waals surface area contributed by atoms with Crippen LogP contribution in [0.3, 0.4) is 0 Å². The van der Waals surface area contributed by atoms with Crippen molar-refractivity contribution in [3.8, 4) is 0 Å². The summed E-state index contributed by atoms with van der Waals surface area (Å²) in [6.07, 6.45) is 13.6. The van der Waals surface area contributed by atoms with Gasteiger partial charge in [0, 0.05) is 6.42 Å². The molecule has 0 aliphatic carbocycles. The maximum absolute atomic E-state index is 12.0. The molecule has 0 spiro atoms. The monoisotopic (exact) mass is 370 g/mol. The number of allylic oxidation sites excluding steroid dienone is 2. The van der Waals surface area contributed by atoms with E-state index in [0.29, 0.717) is 23.9 Å². The summed E-state index contributed by atoms with van der Waals surface area (Å²) in [4.78, 5) is 12.0. The quantitative estimate of drug-likeness (QED) is 0.211. The third-order valence-corrected chi connectivity index (χ3v) is 5.39. The van der Waals surface area contributed by atoms with E-state index < -0.39 is 18.1 Å². The molecule has 0 aromatic rings. The van der Waals surface area contributed by atoms with Gasteiger partial charge >= 0.3 is 5.97 Å². The Kier molecular flexibility index (Phi) is 14.7. The third-order valence-electron chi connectivity index (χ3n) is 5.39. The number of nitrogens with zero attached hydrogens (tertiary/aromatic N) is 1. The number of unbranched alkanes of at least 4 members (excludes halogenated alkanes) is 4. The van der Waals surface area contributed by atoms with Gasteiger partial charge in [0.25, 0.3) is 0 Å². The predicted molar refractivity (Wildman–Crippen MR) is 110 cm³/mol. The van der Waals surface area contributed by atoms with Gasteiger partial charge in [-0.2, -0.15) is 0 Å². The second-order valence-electron chi connectivity index (χ2n) is 7.64. The summed E-state index contributed by atoms with van der Waals surface area (Å²) in [6.45, 7) is 10.7. The van der Waals surface area contributed by atoms with E-state index in [4.69, 9.17) is 0 Å². The minimum absolute atomic E-state index is 0.412. The fourth-order valence-electron chi connectivity index (χ4n) is 3.97. The SMILES string of the molecule is CC/C=C/CCC(O)C[N+](CCCCC)(CCCCC)C(CC)C(=O)O.